The Hall–Kier alpha value is -4.22. The van der Waals surface area contributed by atoms with E-state index >= 15 is 0 Å². The number of nitro benzene ring substituents is 1. The van der Waals surface area contributed by atoms with E-state index in [0.29, 0.717) is 32.5 Å². The van der Waals surface area contributed by atoms with Gasteiger partial charge in [-0.05, 0) is 49.6 Å². The lowest BCUT2D eigenvalue weighted by Gasteiger charge is -2.40. The van der Waals surface area contributed by atoms with Gasteiger partial charge in [-0.2, -0.15) is 0 Å². The van der Waals surface area contributed by atoms with Crippen LogP contribution in [0.25, 0.3) is 5.69 Å². The number of hydrogen-bond acceptors (Lipinski definition) is 7. The molecule has 10 nitrogen and oxygen atoms in total. The maximum Gasteiger partial charge on any atom is 0.288 e. The Balaban J connectivity index is 1.11. The van der Waals surface area contributed by atoms with Crippen molar-refractivity contribution in [3.05, 3.63) is 111 Å². The van der Waals surface area contributed by atoms with E-state index in [4.69, 9.17) is 11.6 Å². The number of benzene rings is 3. The molecule has 2 amide bonds. The largest absolute Gasteiger partial charge is 0.339 e. The zero-order valence-electron chi connectivity index (χ0n) is 24.3. The molecule has 0 aliphatic carbocycles. The Morgan fingerprint density at radius 2 is 1.73 bits per heavy atom. The molecule has 44 heavy (non-hydrogen) atoms. The molecule has 4 aromatic rings. The summed E-state index contributed by atoms with van der Waals surface area (Å²) in [5.74, 6) is 1.43. The number of carbonyl (C=O) groups excluding carboxylic acids is 2. The molecule has 0 N–H and O–H groups in total. The molecule has 1 atom stereocenters. The topological polar surface area (TPSA) is 114 Å². The van der Waals surface area contributed by atoms with Crippen LogP contribution in [-0.2, 0) is 11.2 Å². The molecule has 3 aromatic carbocycles. The number of para-hydroxylation sites is 1. The molecule has 0 saturated carbocycles. The molecule has 0 bridgehead atoms. The fraction of sp³-hybridized carbons (Fsp3) is 0.312. The molecule has 5 rings (SSSR count). The van der Waals surface area contributed by atoms with Crippen LogP contribution in [0.15, 0.2) is 84.0 Å². The molecule has 0 spiro atoms. The van der Waals surface area contributed by atoms with Gasteiger partial charge in [-0.3, -0.25) is 24.3 Å². The van der Waals surface area contributed by atoms with Gasteiger partial charge in [-0.15, -0.1) is 10.2 Å². The molecule has 1 fully saturated rings. The molecular weight excluding hydrogens is 600 g/mol. The highest BCUT2D eigenvalue weighted by Gasteiger charge is 2.31. The molecule has 1 aliphatic rings. The smallest absolute Gasteiger partial charge is 0.288 e. The summed E-state index contributed by atoms with van der Waals surface area (Å²) < 4.78 is 2.10. The Labute approximate surface area is 265 Å². The van der Waals surface area contributed by atoms with E-state index in [-0.39, 0.29) is 34.1 Å². The molecule has 1 aromatic heterocycles. The minimum atomic E-state index is -0.602. The van der Waals surface area contributed by atoms with Crippen molar-refractivity contribution in [1.29, 1.82) is 0 Å². The fourth-order valence-electron chi connectivity index (χ4n) is 5.26. The maximum absolute atomic E-state index is 13.1. The molecule has 12 heteroatoms. The number of halogens is 1. The molecule has 1 saturated heterocycles. The summed E-state index contributed by atoms with van der Waals surface area (Å²) in [6.45, 7) is 3.08. The van der Waals surface area contributed by atoms with Gasteiger partial charge in [-0.1, -0.05) is 71.9 Å². The van der Waals surface area contributed by atoms with Gasteiger partial charge < -0.3 is 9.80 Å². The summed E-state index contributed by atoms with van der Waals surface area (Å²) in [6.07, 6.45) is 2.68. The minimum absolute atomic E-state index is 0.0145. The van der Waals surface area contributed by atoms with E-state index < -0.39 is 4.92 Å². The van der Waals surface area contributed by atoms with Crippen molar-refractivity contribution in [2.24, 2.45) is 0 Å². The monoisotopic (exact) mass is 632 g/mol. The summed E-state index contributed by atoms with van der Waals surface area (Å²) in [4.78, 5) is 40.2. The van der Waals surface area contributed by atoms with Crippen LogP contribution in [0.4, 0.5) is 5.69 Å². The van der Waals surface area contributed by atoms with Crippen LogP contribution in [0.3, 0.4) is 0 Å². The first-order valence-corrected chi connectivity index (χ1v) is 15.9. The Morgan fingerprint density at radius 1 is 1.00 bits per heavy atom. The number of carbonyl (C=O) groups is 2. The number of thioether (sulfide) groups is 1. The number of nitro groups is 1. The van der Waals surface area contributed by atoms with Crippen LogP contribution < -0.4 is 0 Å². The zero-order valence-corrected chi connectivity index (χ0v) is 25.9. The molecular formula is C32H33ClN6O4S. The SMILES string of the molecule is CC1CN(C(=O)CCCCSc2nnc(Cc3ccccc3)n2-c2ccccc2)CCN1C(=O)c1ccc(Cl)c([N+](=O)[O-])c1. The normalized spacial score (nSPS) is 14.9. The lowest BCUT2D eigenvalue weighted by molar-refractivity contribution is -0.384. The first kappa shape index (κ1) is 31.2. The van der Waals surface area contributed by atoms with E-state index in [2.05, 4.69) is 26.9 Å². The number of unbranched alkanes of at least 4 members (excludes halogenated alkanes) is 1. The quantitative estimate of drug-likeness (QED) is 0.0855. The summed E-state index contributed by atoms with van der Waals surface area (Å²) >= 11 is 7.53. The van der Waals surface area contributed by atoms with Crippen molar-refractivity contribution in [2.45, 2.75) is 43.8 Å². The number of nitrogens with zero attached hydrogens (tertiary/aromatic N) is 6. The van der Waals surface area contributed by atoms with Gasteiger partial charge in [0.1, 0.15) is 10.8 Å². The van der Waals surface area contributed by atoms with E-state index in [0.717, 1.165) is 35.3 Å². The van der Waals surface area contributed by atoms with Crippen LogP contribution >= 0.6 is 23.4 Å². The third kappa shape index (κ3) is 7.46. The highest BCUT2D eigenvalue weighted by molar-refractivity contribution is 7.99. The van der Waals surface area contributed by atoms with Gasteiger partial charge >= 0.3 is 0 Å². The average Bonchev–Trinajstić information content (AvgIpc) is 3.43. The summed E-state index contributed by atoms with van der Waals surface area (Å²) in [5, 5.41) is 21.0. The lowest BCUT2D eigenvalue weighted by atomic mass is 10.1. The second-order valence-corrected chi connectivity index (χ2v) is 12.1. The fourth-order valence-corrected chi connectivity index (χ4v) is 6.42. The van der Waals surface area contributed by atoms with Crippen molar-refractivity contribution < 1.29 is 14.5 Å². The van der Waals surface area contributed by atoms with Crippen LogP contribution in [0.1, 0.15) is 47.9 Å². The average molecular weight is 633 g/mol. The van der Waals surface area contributed by atoms with Crippen molar-refractivity contribution >= 4 is 40.9 Å². The van der Waals surface area contributed by atoms with Crippen molar-refractivity contribution in [2.75, 3.05) is 25.4 Å². The van der Waals surface area contributed by atoms with E-state index in [9.17, 15) is 19.7 Å². The summed E-state index contributed by atoms with van der Waals surface area (Å²) in [7, 11) is 0. The lowest BCUT2D eigenvalue weighted by Crippen LogP contribution is -2.55. The first-order valence-electron chi connectivity index (χ1n) is 14.5. The summed E-state index contributed by atoms with van der Waals surface area (Å²) in [6, 6.07) is 24.1. The minimum Gasteiger partial charge on any atom is -0.339 e. The number of rotatable bonds is 11. The van der Waals surface area contributed by atoms with Crippen molar-refractivity contribution in [3.63, 3.8) is 0 Å². The molecule has 1 unspecified atom stereocenters. The second kappa shape index (κ2) is 14.5. The predicted molar refractivity (Wildman–Crippen MR) is 170 cm³/mol. The van der Waals surface area contributed by atoms with Gasteiger partial charge in [0, 0.05) is 61.6 Å². The van der Waals surface area contributed by atoms with E-state index in [1.165, 1.54) is 23.8 Å². The Morgan fingerprint density at radius 3 is 2.43 bits per heavy atom. The van der Waals surface area contributed by atoms with Gasteiger partial charge in [0.15, 0.2) is 5.16 Å². The summed E-state index contributed by atoms with van der Waals surface area (Å²) in [5.41, 5.74) is 2.09. The molecule has 2 heterocycles. The second-order valence-electron chi connectivity index (χ2n) is 10.6. The maximum atomic E-state index is 13.1. The van der Waals surface area contributed by atoms with Gasteiger partial charge in [0.05, 0.1) is 4.92 Å². The standard InChI is InChI=1S/C32H33ClN6O4S/c1-23-22-36(17-18-37(23)31(41)25-15-16-27(33)28(21-25)39(42)43)30(40)14-8-9-19-44-32-35-34-29(20-24-10-4-2-5-11-24)38(32)26-12-6-3-7-13-26/h2-7,10-13,15-16,21,23H,8-9,14,17-20,22H2,1H3. The molecule has 228 valence electrons. The van der Waals surface area contributed by atoms with Crippen molar-refractivity contribution in [1.82, 2.24) is 24.6 Å². The number of aromatic nitrogens is 3. The van der Waals surface area contributed by atoms with Crippen LogP contribution in [-0.4, -0.2) is 72.7 Å². The number of amides is 2. The Bertz CT molecular complexity index is 1620. The molecule has 1 aliphatic heterocycles. The van der Waals surface area contributed by atoms with Crippen LogP contribution in [0.2, 0.25) is 5.02 Å². The van der Waals surface area contributed by atoms with Gasteiger partial charge in [0.25, 0.3) is 11.6 Å². The van der Waals surface area contributed by atoms with E-state index in [1.807, 2.05) is 55.5 Å². The van der Waals surface area contributed by atoms with Gasteiger partial charge in [0.2, 0.25) is 5.91 Å². The number of hydrogen-bond donors (Lipinski definition) is 0. The predicted octanol–water partition coefficient (Wildman–Crippen LogP) is 6.06. The highest BCUT2D eigenvalue weighted by Crippen LogP contribution is 2.27. The first-order chi connectivity index (χ1) is 21.3. The van der Waals surface area contributed by atoms with Crippen molar-refractivity contribution in [3.8, 4) is 5.69 Å². The number of piperazine rings is 1. The van der Waals surface area contributed by atoms with Crippen LogP contribution in [0.5, 0.6) is 0 Å². The zero-order chi connectivity index (χ0) is 31.1. The third-order valence-electron chi connectivity index (χ3n) is 7.57. The third-order valence-corrected chi connectivity index (χ3v) is 8.90. The van der Waals surface area contributed by atoms with Crippen LogP contribution in [0, 0.1) is 10.1 Å². The highest BCUT2D eigenvalue weighted by atomic mass is 35.5. The van der Waals surface area contributed by atoms with E-state index in [1.54, 1.807) is 21.6 Å². The molecule has 0 radical (unpaired) electrons. The Kier molecular flexibility index (Phi) is 10.3. The van der Waals surface area contributed by atoms with Gasteiger partial charge in [-0.25, -0.2) is 0 Å².